The van der Waals surface area contributed by atoms with Gasteiger partial charge in [0.1, 0.15) is 12.1 Å². The summed E-state index contributed by atoms with van der Waals surface area (Å²) in [5.41, 5.74) is 8.20. The highest BCUT2D eigenvalue weighted by Crippen LogP contribution is 2.22. The van der Waals surface area contributed by atoms with Crippen LogP contribution in [0.2, 0.25) is 5.02 Å². The first-order valence-corrected chi connectivity index (χ1v) is 17.2. The highest BCUT2D eigenvalue weighted by Gasteiger charge is 2.38. The molecule has 2 atom stereocenters. The number of piperidine rings is 1. The molecular formula is C31H45ClN6O4S. The molecule has 0 saturated carbocycles. The third-order valence-electron chi connectivity index (χ3n) is 8.43. The monoisotopic (exact) mass is 632 g/mol. The topological polar surface area (TPSA) is 137 Å². The van der Waals surface area contributed by atoms with Crippen molar-refractivity contribution >= 4 is 33.4 Å². The molecule has 0 bridgehead atoms. The first kappa shape index (κ1) is 33.4. The van der Waals surface area contributed by atoms with E-state index in [0.29, 0.717) is 55.4 Å². The molecule has 0 spiro atoms. The number of rotatable bonds is 14. The highest BCUT2D eigenvalue weighted by molar-refractivity contribution is 7.88. The largest absolute Gasteiger partial charge is 0.350 e. The van der Waals surface area contributed by atoms with Gasteiger partial charge < -0.3 is 26.2 Å². The normalized spacial score (nSPS) is 18.6. The van der Waals surface area contributed by atoms with Crippen molar-refractivity contribution < 1.29 is 18.0 Å². The van der Waals surface area contributed by atoms with Crippen molar-refractivity contribution in [1.82, 2.24) is 25.2 Å². The van der Waals surface area contributed by atoms with Crippen LogP contribution in [0.3, 0.4) is 0 Å². The lowest BCUT2D eigenvalue weighted by Crippen LogP contribution is -2.53. The van der Waals surface area contributed by atoms with E-state index in [-0.39, 0.29) is 24.1 Å². The zero-order chi connectivity index (χ0) is 30.8. The number of carbonyl (C=O) groups excluding carboxylic acids is 2. The number of nitrogens with zero attached hydrogens (tertiary/aromatic N) is 2. The minimum absolute atomic E-state index is 0.223. The Balaban J connectivity index is 1.44. The average Bonchev–Trinajstić information content (AvgIpc) is 3.50. The molecular weight excluding hydrogens is 588 g/mol. The molecule has 2 amide bonds. The molecule has 2 aliphatic heterocycles. The van der Waals surface area contributed by atoms with E-state index in [2.05, 4.69) is 27.3 Å². The van der Waals surface area contributed by atoms with E-state index in [1.54, 1.807) is 41.3 Å². The van der Waals surface area contributed by atoms with Gasteiger partial charge in [0.05, 0.1) is 5.75 Å². The lowest BCUT2D eigenvalue weighted by molar-refractivity contribution is -0.139. The van der Waals surface area contributed by atoms with E-state index in [1.165, 1.54) is 0 Å². The van der Waals surface area contributed by atoms with Gasteiger partial charge >= 0.3 is 0 Å². The maximum absolute atomic E-state index is 14.0. The van der Waals surface area contributed by atoms with Gasteiger partial charge in [0.2, 0.25) is 21.8 Å². The molecule has 0 radical (unpaired) electrons. The summed E-state index contributed by atoms with van der Waals surface area (Å²) in [4.78, 5) is 31.1. The predicted molar refractivity (Wildman–Crippen MR) is 170 cm³/mol. The van der Waals surface area contributed by atoms with E-state index in [1.807, 2.05) is 12.1 Å². The summed E-state index contributed by atoms with van der Waals surface area (Å²) in [5.74, 6) is -0.853. The molecule has 2 aliphatic rings. The molecule has 43 heavy (non-hydrogen) atoms. The van der Waals surface area contributed by atoms with Crippen LogP contribution in [0.25, 0.3) is 0 Å². The molecule has 12 heteroatoms. The lowest BCUT2D eigenvalue weighted by Gasteiger charge is -2.32. The minimum atomic E-state index is -3.82. The zero-order valence-electron chi connectivity index (χ0n) is 24.9. The molecule has 2 fully saturated rings. The van der Waals surface area contributed by atoms with Crippen LogP contribution in [-0.4, -0.2) is 81.4 Å². The van der Waals surface area contributed by atoms with Crippen LogP contribution in [0.15, 0.2) is 48.5 Å². The van der Waals surface area contributed by atoms with Gasteiger partial charge in [-0.3, -0.25) is 9.59 Å². The molecule has 5 N–H and O–H groups in total. The van der Waals surface area contributed by atoms with Gasteiger partial charge in [-0.2, -0.15) is 0 Å². The number of halogens is 1. The van der Waals surface area contributed by atoms with E-state index < -0.39 is 22.1 Å². The first-order chi connectivity index (χ1) is 20.7. The van der Waals surface area contributed by atoms with Crippen molar-refractivity contribution in [2.24, 2.45) is 5.73 Å². The molecule has 4 rings (SSSR count). The van der Waals surface area contributed by atoms with Crippen LogP contribution >= 0.6 is 11.6 Å². The van der Waals surface area contributed by atoms with Crippen LogP contribution in [0.1, 0.15) is 55.2 Å². The standard InChI is InChI=1S/C31H45ClN6O4S/c1-37(27-13-15-34-16-14-27)17-5-9-28(36-43(41,42)22-23-7-3-2-4-8-23)31(40)38-18-6-10-29(38)30(39)35-21-25-19-26(32)12-11-24(25)20-33/h2-4,7-8,11-12,19,27-29,34,36H,5-6,9-10,13-18,20-22,33H2,1H3,(H,35,39). The summed E-state index contributed by atoms with van der Waals surface area (Å²) in [7, 11) is -1.73. The molecule has 236 valence electrons. The van der Waals surface area contributed by atoms with Crippen LogP contribution in [-0.2, 0) is 38.5 Å². The van der Waals surface area contributed by atoms with Crippen molar-refractivity contribution in [3.8, 4) is 0 Å². The van der Waals surface area contributed by atoms with Gasteiger partial charge in [-0.15, -0.1) is 0 Å². The van der Waals surface area contributed by atoms with Gasteiger partial charge in [-0.1, -0.05) is 48.0 Å². The second-order valence-electron chi connectivity index (χ2n) is 11.5. The van der Waals surface area contributed by atoms with Gasteiger partial charge in [0.25, 0.3) is 0 Å². The summed E-state index contributed by atoms with van der Waals surface area (Å²) >= 11 is 6.16. The fourth-order valence-electron chi connectivity index (χ4n) is 6.02. The Hall–Kier alpha value is -2.54. The van der Waals surface area contributed by atoms with Gasteiger partial charge in [-0.05, 0) is 94.0 Å². The first-order valence-electron chi connectivity index (χ1n) is 15.2. The van der Waals surface area contributed by atoms with Crippen molar-refractivity contribution in [2.45, 2.75) is 75.5 Å². The Labute approximate surface area is 260 Å². The molecule has 0 aromatic heterocycles. The Morgan fingerprint density at radius 2 is 1.86 bits per heavy atom. The van der Waals surface area contributed by atoms with Crippen LogP contribution in [0.4, 0.5) is 0 Å². The second-order valence-corrected chi connectivity index (χ2v) is 13.7. The van der Waals surface area contributed by atoms with E-state index in [0.717, 1.165) is 43.6 Å². The second kappa shape index (κ2) is 16.0. The van der Waals surface area contributed by atoms with Crippen molar-refractivity contribution in [1.29, 1.82) is 0 Å². The Bertz CT molecular complexity index is 1320. The van der Waals surface area contributed by atoms with Crippen molar-refractivity contribution in [3.05, 3.63) is 70.2 Å². The smallest absolute Gasteiger partial charge is 0.243 e. The summed E-state index contributed by atoms with van der Waals surface area (Å²) in [5, 5.41) is 6.87. The predicted octanol–water partition coefficient (Wildman–Crippen LogP) is 2.36. The quantitative estimate of drug-likeness (QED) is 0.251. The van der Waals surface area contributed by atoms with Gasteiger partial charge in [0.15, 0.2) is 0 Å². The number of likely N-dealkylation sites (tertiary alicyclic amines) is 1. The number of amides is 2. The molecule has 2 aromatic rings. The number of nitrogens with two attached hydrogens (primary N) is 1. The number of hydrogen-bond donors (Lipinski definition) is 4. The number of sulfonamides is 1. The average molecular weight is 633 g/mol. The summed E-state index contributed by atoms with van der Waals surface area (Å²) < 4.78 is 29.2. The minimum Gasteiger partial charge on any atom is -0.350 e. The number of hydrogen-bond acceptors (Lipinski definition) is 7. The highest BCUT2D eigenvalue weighted by atomic mass is 35.5. The third kappa shape index (κ3) is 9.72. The van der Waals surface area contributed by atoms with Gasteiger partial charge in [-0.25, -0.2) is 13.1 Å². The molecule has 0 aliphatic carbocycles. The Morgan fingerprint density at radius 1 is 1.12 bits per heavy atom. The number of carbonyl (C=O) groups is 2. The summed E-state index contributed by atoms with van der Waals surface area (Å²) in [6.07, 6.45) is 4.29. The molecule has 2 aromatic carbocycles. The lowest BCUT2D eigenvalue weighted by atomic mass is 10.0. The van der Waals surface area contributed by atoms with E-state index in [9.17, 15) is 18.0 Å². The molecule has 2 saturated heterocycles. The van der Waals surface area contributed by atoms with E-state index in [4.69, 9.17) is 17.3 Å². The van der Waals surface area contributed by atoms with Crippen LogP contribution < -0.4 is 21.1 Å². The molecule has 2 heterocycles. The van der Waals surface area contributed by atoms with E-state index >= 15 is 0 Å². The number of nitrogens with one attached hydrogen (secondary N) is 3. The summed E-state index contributed by atoms with van der Waals surface area (Å²) in [6.45, 7) is 3.67. The van der Waals surface area contributed by atoms with Crippen molar-refractivity contribution in [3.63, 3.8) is 0 Å². The Morgan fingerprint density at radius 3 is 2.58 bits per heavy atom. The van der Waals surface area contributed by atoms with Gasteiger partial charge in [0, 0.05) is 30.7 Å². The molecule has 10 nitrogen and oxygen atoms in total. The van der Waals surface area contributed by atoms with Crippen LogP contribution in [0, 0.1) is 0 Å². The third-order valence-corrected chi connectivity index (χ3v) is 10.0. The number of benzene rings is 2. The fraction of sp³-hybridized carbons (Fsp3) is 0.548. The SMILES string of the molecule is CN(CCCC(NS(=O)(=O)Cc1ccccc1)C(=O)N1CCCC1C(=O)NCc1cc(Cl)ccc1CN)C1CCNCC1. The van der Waals surface area contributed by atoms with Crippen molar-refractivity contribution in [2.75, 3.05) is 33.2 Å². The molecule has 2 unspecified atom stereocenters. The zero-order valence-corrected chi connectivity index (χ0v) is 26.5. The Kier molecular flexibility index (Phi) is 12.4. The maximum Gasteiger partial charge on any atom is 0.243 e. The summed E-state index contributed by atoms with van der Waals surface area (Å²) in [6, 6.07) is 13.1. The fourth-order valence-corrected chi connectivity index (χ4v) is 7.58. The maximum atomic E-state index is 14.0. The van der Waals surface area contributed by atoms with Crippen LogP contribution in [0.5, 0.6) is 0 Å².